The van der Waals surface area contributed by atoms with Crippen molar-refractivity contribution in [1.29, 1.82) is 0 Å². The van der Waals surface area contributed by atoms with Gasteiger partial charge in [0, 0.05) is 23.1 Å². The van der Waals surface area contributed by atoms with E-state index in [2.05, 4.69) is 4.99 Å². The number of rotatable bonds is 5. The van der Waals surface area contributed by atoms with Crippen LogP contribution in [0.25, 0.3) is 16.5 Å². The van der Waals surface area contributed by atoms with Crippen LogP contribution in [0.5, 0.6) is 17.4 Å². The Labute approximate surface area is 177 Å². The molecule has 4 rings (SSSR count). The maximum absolute atomic E-state index is 13.2. The molecule has 0 saturated carbocycles. The van der Waals surface area contributed by atoms with Crippen LogP contribution in [-0.4, -0.2) is 30.1 Å². The lowest BCUT2D eigenvalue weighted by Gasteiger charge is -2.15. The summed E-state index contributed by atoms with van der Waals surface area (Å²) in [5.41, 5.74) is 0.879. The first-order chi connectivity index (χ1) is 15.0. The van der Waals surface area contributed by atoms with E-state index in [1.807, 2.05) is 0 Å². The molecule has 1 N–H and O–H groups in total. The third-order valence-electron chi connectivity index (χ3n) is 4.90. The van der Waals surface area contributed by atoms with Gasteiger partial charge in [0.2, 0.25) is 5.88 Å². The third-order valence-corrected chi connectivity index (χ3v) is 4.90. The molecule has 0 unspecified atom stereocenters. The average molecular weight is 418 g/mol. The highest BCUT2D eigenvalue weighted by Crippen LogP contribution is 2.32. The zero-order valence-corrected chi connectivity index (χ0v) is 16.9. The highest BCUT2D eigenvalue weighted by atomic mass is 19.1. The lowest BCUT2D eigenvalue weighted by atomic mass is 10.1. The fraction of sp³-hybridized carbons (Fsp3) is 0.0833. The van der Waals surface area contributed by atoms with Crippen LogP contribution in [0.2, 0.25) is 0 Å². The second-order valence-electron chi connectivity index (χ2n) is 6.70. The fourth-order valence-corrected chi connectivity index (χ4v) is 3.36. The van der Waals surface area contributed by atoms with E-state index in [1.54, 1.807) is 42.5 Å². The normalized spacial score (nSPS) is 11.2. The number of aliphatic imine (C=N–C) groups is 1. The number of halogens is 1. The summed E-state index contributed by atoms with van der Waals surface area (Å²) in [7, 11) is 3.01. The number of nitrogens with zero attached hydrogens (tertiary/aromatic N) is 2. The Kier molecular flexibility index (Phi) is 5.41. The molecule has 0 aliphatic carbocycles. The summed E-state index contributed by atoms with van der Waals surface area (Å²) in [5, 5.41) is 12.0. The second-order valence-corrected chi connectivity index (χ2v) is 6.70. The average Bonchev–Trinajstić information content (AvgIpc) is 2.80. The molecule has 0 spiro atoms. The highest BCUT2D eigenvalue weighted by molar-refractivity contribution is 6.02. The number of hydrogen-bond donors (Lipinski definition) is 1. The van der Waals surface area contributed by atoms with E-state index < -0.39 is 0 Å². The zero-order valence-electron chi connectivity index (χ0n) is 16.9. The van der Waals surface area contributed by atoms with Crippen LogP contribution in [0.3, 0.4) is 0 Å². The predicted octanol–water partition coefficient (Wildman–Crippen LogP) is 4.60. The van der Waals surface area contributed by atoms with Crippen molar-refractivity contribution in [3.63, 3.8) is 0 Å². The van der Waals surface area contributed by atoms with Gasteiger partial charge in [-0.15, -0.1) is 0 Å². The molecule has 0 fully saturated rings. The van der Waals surface area contributed by atoms with Gasteiger partial charge in [0.1, 0.15) is 5.82 Å². The lowest BCUT2D eigenvalue weighted by molar-refractivity contribution is 0.354. The second kappa shape index (κ2) is 8.31. The molecule has 0 saturated heterocycles. The monoisotopic (exact) mass is 418 g/mol. The van der Waals surface area contributed by atoms with E-state index in [4.69, 9.17) is 9.47 Å². The smallest absolute Gasteiger partial charge is 0.265 e. The molecule has 0 radical (unpaired) electrons. The largest absolute Gasteiger partial charge is 0.494 e. The number of ether oxygens (including phenoxy) is 2. The van der Waals surface area contributed by atoms with Gasteiger partial charge in [-0.1, -0.05) is 18.2 Å². The summed E-state index contributed by atoms with van der Waals surface area (Å²) in [6.45, 7) is 0. The standard InChI is InChI=1S/C24H19FN2O4/c1-30-21-12-11-17(13-22(21)31-2)27-23(28)19-6-4-3-5-18(19)20(24(27)29)14-26-16-9-7-15(25)8-10-16/h3-14,29H,1-2H3. The molecular weight excluding hydrogens is 399 g/mol. The highest BCUT2D eigenvalue weighted by Gasteiger charge is 2.17. The summed E-state index contributed by atoms with van der Waals surface area (Å²) in [5.74, 6) is 0.273. The summed E-state index contributed by atoms with van der Waals surface area (Å²) in [4.78, 5) is 17.6. The van der Waals surface area contributed by atoms with Crippen LogP contribution in [0.1, 0.15) is 5.56 Å². The minimum absolute atomic E-state index is 0.276. The van der Waals surface area contributed by atoms with Crippen LogP contribution in [0.4, 0.5) is 10.1 Å². The van der Waals surface area contributed by atoms with E-state index >= 15 is 0 Å². The molecule has 4 aromatic rings. The number of hydrogen-bond acceptors (Lipinski definition) is 5. The van der Waals surface area contributed by atoms with Gasteiger partial charge in [-0.25, -0.2) is 8.96 Å². The lowest BCUT2D eigenvalue weighted by Crippen LogP contribution is -2.20. The van der Waals surface area contributed by atoms with Crippen LogP contribution in [0, 0.1) is 5.82 Å². The van der Waals surface area contributed by atoms with E-state index in [9.17, 15) is 14.3 Å². The molecule has 0 amide bonds. The maximum Gasteiger partial charge on any atom is 0.265 e. The van der Waals surface area contributed by atoms with Crippen molar-refractivity contribution in [3.05, 3.63) is 88.5 Å². The Bertz CT molecular complexity index is 1340. The molecule has 3 aromatic carbocycles. The molecule has 1 aromatic heterocycles. The molecule has 156 valence electrons. The summed E-state index contributed by atoms with van der Waals surface area (Å²) < 4.78 is 25.0. The number of fused-ring (bicyclic) bond motifs is 1. The van der Waals surface area contributed by atoms with Crippen molar-refractivity contribution in [1.82, 2.24) is 4.57 Å². The van der Waals surface area contributed by atoms with E-state index in [1.165, 1.54) is 49.3 Å². The number of methoxy groups -OCH3 is 2. The quantitative estimate of drug-likeness (QED) is 0.481. The van der Waals surface area contributed by atoms with Crippen LogP contribution in [0.15, 0.2) is 76.5 Å². The Morgan fingerprint density at radius 3 is 2.29 bits per heavy atom. The summed E-state index contributed by atoms with van der Waals surface area (Å²) >= 11 is 0. The maximum atomic E-state index is 13.2. The Hall–Kier alpha value is -4.13. The molecule has 0 atom stereocenters. The first kappa shape index (κ1) is 20.2. The summed E-state index contributed by atoms with van der Waals surface area (Å²) in [6.07, 6.45) is 1.46. The van der Waals surface area contributed by atoms with Crippen molar-refractivity contribution in [2.75, 3.05) is 14.2 Å². The van der Waals surface area contributed by atoms with E-state index in [0.717, 1.165) is 0 Å². The van der Waals surface area contributed by atoms with E-state index in [-0.39, 0.29) is 17.3 Å². The van der Waals surface area contributed by atoms with Crippen molar-refractivity contribution >= 4 is 22.7 Å². The Morgan fingerprint density at radius 1 is 0.935 bits per heavy atom. The van der Waals surface area contributed by atoms with Gasteiger partial charge < -0.3 is 14.6 Å². The molecule has 0 aliphatic heterocycles. The molecule has 31 heavy (non-hydrogen) atoms. The SMILES string of the molecule is COc1ccc(-n2c(O)c(C=Nc3ccc(F)cc3)c3ccccc3c2=O)cc1OC. The number of pyridine rings is 1. The van der Waals surface area contributed by atoms with Gasteiger partial charge in [-0.3, -0.25) is 9.79 Å². The Balaban J connectivity index is 1.95. The molecule has 7 heteroatoms. The van der Waals surface area contributed by atoms with Crippen molar-refractivity contribution in [2.45, 2.75) is 0 Å². The predicted molar refractivity (Wildman–Crippen MR) is 118 cm³/mol. The molecule has 6 nitrogen and oxygen atoms in total. The van der Waals surface area contributed by atoms with Gasteiger partial charge >= 0.3 is 0 Å². The van der Waals surface area contributed by atoms with Gasteiger partial charge in [0.15, 0.2) is 11.5 Å². The van der Waals surface area contributed by atoms with E-state index in [0.29, 0.717) is 39.2 Å². The van der Waals surface area contributed by atoms with Crippen molar-refractivity contribution < 1.29 is 19.0 Å². The molecular formula is C24H19FN2O4. The molecule has 1 heterocycles. The minimum Gasteiger partial charge on any atom is -0.494 e. The topological polar surface area (TPSA) is 73.0 Å². The van der Waals surface area contributed by atoms with Gasteiger partial charge in [-0.05, 0) is 42.5 Å². The van der Waals surface area contributed by atoms with Crippen LogP contribution < -0.4 is 15.0 Å². The fourth-order valence-electron chi connectivity index (χ4n) is 3.36. The van der Waals surface area contributed by atoms with Crippen molar-refractivity contribution in [3.8, 4) is 23.1 Å². The van der Waals surface area contributed by atoms with Crippen molar-refractivity contribution in [2.24, 2.45) is 4.99 Å². The van der Waals surface area contributed by atoms with Gasteiger partial charge in [0.05, 0.1) is 31.2 Å². The minimum atomic E-state index is -0.390. The third kappa shape index (κ3) is 3.73. The van der Waals surface area contributed by atoms with Crippen LogP contribution in [-0.2, 0) is 0 Å². The number of aromatic nitrogens is 1. The number of benzene rings is 3. The first-order valence-corrected chi connectivity index (χ1v) is 9.42. The first-order valence-electron chi connectivity index (χ1n) is 9.42. The molecule has 0 bridgehead atoms. The Morgan fingerprint density at radius 2 is 1.61 bits per heavy atom. The van der Waals surface area contributed by atoms with Gasteiger partial charge in [-0.2, -0.15) is 0 Å². The number of aromatic hydroxyl groups is 1. The van der Waals surface area contributed by atoms with Gasteiger partial charge in [0.25, 0.3) is 5.56 Å². The zero-order chi connectivity index (χ0) is 22.0. The van der Waals surface area contributed by atoms with Crippen LogP contribution >= 0.6 is 0 Å². The summed E-state index contributed by atoms with van der Waals surface area (Å²) in [6, 6.07) is 17.5. The molecule has 0 aliphatic rings.